The number of hydrogen-bond acceptors (Lipinski definition) is 1. The third-order valence-corrected chi connectivity index (χ3v) is 7.96. The van der Waals surface area contributed by atoms with Crippen LogP contribution in [0, 0.1) is 17.3 Å². The average Bonchev–Trinajstić information content (AvgIpc) is 2.70. The van der Waals surface area contributed by atoms with Gasteiger partial charge in [0, 0.05) is 0 Å². The van der Waals surface area contributed by atoms with Crippen molar-refractivity contribution in [1.29, 1.82) is 0 Å². The van der Waals surface area contributed by atoms with Gasteiger partial charge in [-0.05, 0) is 80.6 Å². The number of hydrogen-bond donors (Lipinski definition) is 1. The summed E-state index contributed by atoms with van der Waals surface area (Å²) in [6.07, 6.45) is 13.5. The Morgan fingerprint density at radius 1 is 0.963 bits per heavy atom. The lowest BCUT2D eigenvalue weighted by Gasteiger charge is -2.48. The van der Waals surface area contributed by atoms with Gasteiger partial charge in [0.1, 0.15) is 0 Å². The molecule has 2 aliphatic carbocycles. The second kappa shape index (κ2) is 8.80. The van der Waals surface area contributed by atoms with Gasteiger partial charge in [-0.15, -0.1) is 0 Å². The topological polar surface area (TPSA) is 37.3 Å². The van der Waals surface area contributed by atoms with Crippen LogP contribution in [0.2, 0.25) is 0 Å². The molecule has 2 nitrogen and oxygen atoms in total. The van der Waals surface area contributed by atoms with E-state index in [-0.39, 0.29) is 5.41 Å². The number of aliphatic carboxylic acids is 1. The maximum absolute atomic E-state index is 12.4. The Balaban J connectivity index is 1.73. The Hall–Kier alpha value is -1.31. The van der Waals surface area contributed by atoms with Crippen LogP contribution in [0.15, 0.2) is 30.3 Å². The SMILES string of the molecule is CCCC1CCC(C(=O)O)(C2CCC(CCC)(c3ccccc3)CC2)CC1. The summed E-state index contributed by atoms with van der Waals surface area (Å²) >= 11 is 0. The molecule has 0 amide bonds. The predicted octanol–water partition coefficient (Wildman–Crippen LogP) is 6.98. The van der Waals surface area contributed by atoms with Gasteiger partial charge in [0.15, 0.2) is 0 Å². The maximum Gasteiger partial charge on any atom is 0.309 e. The van der Waals surface area contributed by atoms with Gasteiger partial charge >= 0.3 is 5.97 Å². The van der Waals surface area contributed by atoms with Crippen LogP contribution in [0.5, 0.6) is 0 Å². The molecule has 3 rings (SSSR count). The van der Waals surface area contributed by atoms with E-state index in [0.29, 0.717) is 5.92 Å². The summed E-state index contributed by atoms with van der Waals surface area (Å²) < 4.78 is 0. The van der Waals surface area contributed by atoms with Crippen molar-refractivity contribution >= 4 is 5.97 Å². The van der Waals surface area contributed by atoms with E-state index < -0.39 is 11.4 Å². The molecule has 0 atom stereocenters. The van der Waals surface area contributed by atoms with Crippen LogP contribution in [0.25, 0.3) is 0 Å². The molecule has 2 heteroatoms. The molecule has 2 fully saturated rings. The maximum atomic E-state index is 12.4. The molecule has 0 aliphatic heterocycles. The van der Waals surface area contributed by atoms with Gasteiger partial charge in [0.05, 0.1) is 5.41 Å². The molecule has 0 bridgehead atoms. The lowest BCUT2D eigenvalue weighted by atomic mass is 9.55. The van der Waals surface area contributed by atoms with E-state index in [2.05, 4.69) is 44.2 Å². The molecule has 0 unspecified atom stereocenters. The van der Waals surface area contributed by atoms with Crippen LogP contribution in [0.4, 0.5) is 0 Å². The Morgan fingerprint density at radius 3 is 2.11 bits per heavy atom. The van der Waals surface area contributed by atoms with Crippen molar-refractivity contribution in [3.8, 4) is 0 Å². The monoisotopic (exact) mass is 370 g/mol. The molecule has 2 aliphatic rings. The van der Waals surface area contributed by atoms with Crippen molar-refractivity contribution in [1.82, 2.24) is 0 Å². The highest BCUT2D eigenvalue weighted by molar-refractivity contribution is 5.75. The summed E-state index contributed by atoms with van der Waals surface area (Å²) in [6.45, 7) is 4.53. The van der Waals surface area contributed by atoms with Crippen molar-refractivity contribution in [3.05, 3.63) is 35.9 Å². The molecule has 1 aromatic carbocycles. The quantitative estimate of drug-likeness (QED) is 0.562. The van der Waals surface area contributed by atoms with Crippen molar-refractivity contribution in [2.45, 2.75) is 96.3 Å². The second-order valence-corrected chi connectivity index (χ2v) is 9.36. The fourth-order valence-corrected chi connectivity index (χ4v) is 6.36. The van der Waals surface area contributed by atoms with Gasteiger partial charge in [0.25, 0.3) is 0 Å². The van der Waals surface area contributed by atoms with Crippen LogP contribution in [-0.2, 0) is 10.2 Å². The van der Waals surface area contributed by atoms with Crippen LogP contribution in [0.1, 0.15) is 96.5 Å². The van der Waals surface area contributed by atoms with E-state index in [4.69, 9.17) is 0 Å². The van der Waals surface area contributed by atoms with Crippen molar-refractivity contribution in [2.75, 3.05) is 0 Å². The first-order valence-electron chi connectivity index (χ1n) is 11.4. The zero-order valence-electron chi connectivity index (χ0n) is 17.4. The second-order valence-electron chi connectivity index (χ2n) is 9.36. The molecule has 0 radical (unpaired) electrons. The van der Waals surface area contributed by atoms with E-state index in [9.17, 15) is 9.90 Å². The minimum atomic E-state index is -0.509. The Bertz CT molecular complexity index is 590. The molecule has 1 aromatic rings. The fraction of sp³-hybridized carbons (Fsp3) is 0.720. The number of carboxylic acid groups (broad SMARTS) is 1. The van der Waals surface area contributed by atoms with Crippen LogP contribution in [-0.4, -0.2) is 11.1 Å². The number of rotatable bonds is 7. The first-order chi connectivity index (χ1) is 13.1. The lowest BCUT2D eigenvalue weighted by Crippen LogP contribution is -2.45. The predicted molar refractivity (Wildman–Crippen MR) is 112 cm³/mol. The largest absolute Gasteiger partial charge is 0.481 e. The molecule has 27 heavy (non-hydrogen) atoms. The van der Waals surface area contributed by atoms with E-state index in [1.165, 1.54) is 31.2 Å². The normalized spacial score (nSPS) is 34.3. The summed E-state index contributed by atoms with van der Waals surface area (Å²) in [5.41, 5.74) is 1.30. The lowest BCUT2D eigenvalue weighted by molar-refractivity contribution is -0.158. The smallest absolute Gasteiger partial charge is 0.309 e. The van der Waals surface area contributed by atoms with Crippen LogP contribution in [0.3, 0.4) is 0 Å². The van der Waals surface area contributed by atoms with Crippen molar-refractivity contribution in [3.63, 3.8) is 0 Å². The highest BCUT2D eigenvalue weighted by Crippen LogP contribution is 2.54. The van der Waals surface area contributed by atoms with Gasteiger partial charge in [-0.2, -0.15) is 0 Å². The van der Waals surface area contributed by atoms with Gasteiger partial charge in [-0.1, -0.05) is 63.4 Å². The first-order valence-corrected chi connectivity index (χ1v) is 11.4. The van der Waals surface area contributed by atoms with E-state index in [0.717, 1.165) is 57.3 Å². The molecule has 0 spiro atoms. The molecular weight excluding hydrogens is 332 g/mol. The third-order valence-electron chi connectivity index (χ3n) is 7.96. The van der Waals surface area contributed by atoms with E-state index >= 15 is 0 Å². The van der Waals surface area contributed by atoms with Gasteiger partial charge in [-0.3, -0.25) is 4.79 Å². The Kier molecular flexibility index (Phi) is 6.65. The molecule has 2 saturated carbocycles. The van der Waals surface area contributed by atoms with Crippen molar-refractivity contribution < 1.29 is 9.90 Å². The van der Waals surface area contributed by atoms with Crippen LogP contribution < -0.4 is 0 Å². The summed E-state index contributed by atoms with van der Waals surface area (Å²) in [7, 11) is 0. The van der Waals surface area contributed by atoms with Gasteiger partial charge in [0.2, 0.25) is 0 Å². The highest BCUT2D eigenvalue weighted by atomic mass is 16.4. The molecule has 0 aromatic heterocycles. The zero-order chi connectivity index (χ0) is 19.3. The summed E-state index contributed by atoms with van der Waals surface area (Å²) in [5.74, 6) is 0.617. The summed E-state index contributed by atoms with van der Waals surface area (Å²) in [5, 5.41) is 10.2. The summed E-state index contributed by atoms with van der Waals surface area (Å²) in [6, 6.07) is 11.0. The Morgan fingerprint density at radius 2 is 1.59 bits per heavy atom. The zero-order valence-corrected chi connectivity index (χ0v) is 17.4. The minimum Gasteiger partial charge on any atom is -0.481 e. The van der Waals surface area contributed by atoms with Gasteiger partial charge in [-0.25, -0.2) is 0 Å². The molecule has 1 N–H and O–H groups in total. The Labute approximate surface area is 165 Å². The van der Waals surface area contributed by atoms with Gasteiger partial charge < -0.3 is 5.11 Å². The van der Waals surface area contributed by atoms with Crippen LogP contribution >= 0.6 is 0 Å². The minimum absolute atomic E-state index is 0.269. The molecule has 0 heterocycles. The summed E-state index contributed by atoms with van der Waals surface area (Å²) in [4.78, 5) is 12.4. The fourth-order valence-electron chi connectivity index (χ4n) is 6.36. The standard InChI is InChI=1S/C25H38O2/c1-3-8-20-11-18-25(19-12-20,23(26)27)22-13-16-24(15-4-2,17-14-22)21-9-6-5-7-10-21/h5-7,9-10,20,22H,3-4,8,11-19H2,1-2H3,(H,26,27). The first kappa shape index (κ1) is 20.4. The molecular formula is C25H38O2. The van der Waals surface area contributed by atoms with E-state index in [1.807, 2.05) is 0 Å². The number of carbonyl (C=O) groups is 1. The highest BCUT2D eigenvalue weighted by Gasteiger charge is 2.50. The average molecular weight is 371 g/mol. The van der Waals surface area contributed by atoms with E-state index in [1.54, 1.807) is 0 Å². The molecule has 150 valence electrons. The van der Waals surface area contributed by atoms with Crippen molar-refractivity contribution in [2.24, 2.45) is 17.3 Å². The third kappa shape index (κ3) is 4.10. The number of carboxylic acids is 1. The molecule has 0 saturated heterocycles. The number of benzene rings is 1.